The molecule has 0 bridgehead atoms. The summed E-state index contributed by atoms with van der Waals surface area (Å²) in [5.74, 6) is 0.748. The van der Waals surface area contributed by atoms with E-state index >= 15 is 0 Å². The molecule has 6 nitrogen and oxygen atoms in total. The first-order chi connectivity index (χ1) is 12.6. The van der Waals surface area contributed by atoms with Crippen LogP contribution in [0.25, 0.3) is 10.8 Å². The van der Waals surface area contributed by atoms with E-state index in [4.69, 9.17) is 9.47 Å². The number of morpholine rings is 1. The summed E-state index contributed by atoms with van der Waals surface area (Å²) >= 11 is 0. The van der Waals surface area contributed by atoms with Crippen LogP contribution in [0.1, 0.15) is 25.0 Å². The summed E-state index contributed by atoms with van der Waals surface area (Å²) in [6.07, 6.45) is 0.170. The van der Waals surface area contributed by atoms with E-state index in [-0.39, 0.29) is 17.9 Å². The Morgan fingerprint density at radius 1 is 1.23 bits per heavy atom. The molecule has 2 aromatic carbocycles. The number of fused-ring (bicyclic) bond motifs is 1. The molecule has 26 heavy (non-hydrogen) atoms. The highest BCUT2D eigenvalue weighted by Crippen LogP contribution is 2.28. The molecule has 2 amide bonds. The molecule has 1 fully saturated rings. The fourth-order valence-electron chi connectivity index (χ4n) is 3.15. The van der Waals surface area contributed by atoms with Gasteiger partial charge in [-0.2, -0.15) is 0 Å². The van der Waals surface area contributed by atoms with Gasteiger partial charge in [-0.25, -0.2) is 0 Å². The van der Waals surface area contributed by atoms with Gasteiger partial charge in [0, 0.05) is 26.4 Å². The maximum Gasteiger partial charge on any atom is 0.224 e. The molecule has 1 heterocycles. The number of amides is 2. The Labute approximate surface area is 153 Å². The van der Waals surface area contributed by atoms with E-state index in [1.807, 2.05) is 35.2 Å². The number of carbonyl (C=O) groups excluding carboxylic acids is 2. The highest BCUT2D eigenvalue weighted by atomic mass is 16.5. The summed E-state index contributed by atoms with van der Waals surface area (Å²) in [5, 5.41) is 4.88. The average molecular weight is 356 g/mol. The lowest BCUT2D eigenvalue weighted by atomic mass is 10.0. The number of nitrogens with zero attached hydrogens (tertiary/aromatic N) is 1. The maximum atomic E-state index is 12.3. The molecule has 138 valence electrons. The van der Waals surface area contributed by atoms with Gasteiger partial charge in [0.05, 0.1) is 20.3 Å². The number of hydrogen-bond acceptors (Lipinski definition) is 4. The van der Waals surface area contributed by atoms with Gasteiger partial charge in [0.15, 0.2) is 0 Å². The zero-order valence-corrected chi connectivity index (χ0v) is 15.2. The highest BCUT2D eigenvalue weighted by molar-refractivity contribution is 5.84. The van der Waals surface area contributed by atoms with Gasteiger partial charge in [-0.15, -0.1) is 0 Å². The van der Waals surface area contributed by atoms with Crippen molar-refractivity contribution in [2.45, 2.75) is 19.4 Å². The monoisotopic (exact) mass is 356 g/mol. The first kappa shape index (κ1) is 18.2. The van der Waals surface area contributed by atoms with Gasteiger partial charge in [0.1, 0.15) is 11.9 Å². The van der Waals surface area contributed by atoms with E-state index in [0.29, 0.717) is 32.7 Å². The van der Waals surface area contributed by atoms with Crippen LogP contribution in [0.2, 0.25) is 0 Å². The predicted molar refractivity (Wildman–Crippen MR) is 99.1 cm³/mol. The van der Waals surface area contributed by atoms with Crippen LogP contribution < -0.4 is 10.1 Å². The van der Waals surface area contributed by atoms with Gasteiger partial charge in [-0.3, -0.25) is 9.59 Å². The van der Waals surface area contributed by atoms with E-state index in [0.717, 1.165) is 22.1 Å². The van der Waals surface area contributed by atoms with Gasteiger partial charge >= 0.3 is 0 Å². The van der Waals surface area contributed by atoms with Crippen LogP contribution >= 0.6 is 0 Å². The van der Waals surface area contributed by atoms with Crippen molar-refractivity contribution in [1.82, 2.24) is 10.2 Å². The molecule has 1 atom stereocenters. The highest BCUT2D eigenvalue weighted by Gasteiger charge is 2.25. The summed E-state index contributed by atoms with van der Waals surface area (Å²) < 4.78 is 11.2. The van der Waals surface area contributed by atoms with E-state index in [2.05, 4.69) is 11.4 Å². The number of hydrogen-bond donors (Lipinski definition) is 1. The lowest BCUT2D eigenvalue weighted by molar-refractivity contribution is -0.139. The molecule has 0 aromatic heterocycles. The van der Waals surface area contributed by atoms with E-state index in [1.165, 1.54) is 6.92 Å². The van der Waals surface area contributed by atoms with Crippen LogP contribution in [-0.2, 0) is 14.3 Å². The van der Waals surface area contributed by atoms with Crippen molar-refractivity contribution < 1.29 is 19.1 Å². The third-order valence-electron chi connectivity index (χ3n) is 4.58. The van der Waals surface area contributed by atoms with E-state index < -0.39 is 0 Å². The maximum absolute atomic E-state index is 12.3. The summed E-state index contributed by atoms with van der Waals surface area (Å²) in [7, 11) is 1.66. The Balaban J connectivity index is 1.68. The second kappa shape index (κ2) is 8.19. The Morgan fingerprint density at radius 3 is 2.77 bits per heavy atom. The molecule has 1 N–H and O–H groups in total. The molecular formula is C20H24N2O4. The van der Waals surface area contributed by atoms with Gasteiger partial charge < -0.3 is 19.7 Å². The van der Waals surface area contributed by atoms with Crippen molar-refractivity contribution in [3.63, 3.8) is 0 Å². The van der Waals surface area contributed by atoms with Crippen molar-refractivity contribution in [2.24, 2.45) is 0 Å². The molecule has 0 saturated carbocycles. The molecule has 0 aliphatic carbocycles. The molecule has 3 rings (SSSR count). The predicted octanol–water partition coefficient (Wildman–Crippen LogP) is 2.27. The molecule has 2 aromatic rings. The first-order valence-electron chi connectivity index (χ1n) is 8.78. The molecular weight excluding hydrogens is 332 g/mol. The van der Waals surface area contributed by atoms with Crippen LogP contribution in [0.3, 0.4) is 0 Å². The fraction of sp³-hybridized carbons (Fsp3) is 0.400. The topological polar surface area (TPSA) is 67.9 Å². The van der Waals surface area contributed by atoms with Crippen molar-refractivity contribution in [2.75, 3.05) is 33.4 Å². The molecule has 1 aliphatic heterocycles. The lowest BCUT2D eigenvalue weighted by Gasteiger charge is -2.33. The summed E-state index contributed by atoms with van der Waals surface area (Å²) in [4.78, 5) is 25.1. The lowest BCUT2D eigenvalue weighted by Crippen LogP contribution is -2.43. The van der Waals surface area contributed by atoms with Crippen molar-refractivity contribution in [1.29, 1.82) is 0 Å². The molecule has 0 radical (unpaired) electrons. The Kier molecular flexibility index (Phi) is 5.73. The van der Waals surface area contributed by atoms with Gasteiger partial charge in [-0.1, -0.05) is 18.2 Å². The number of methoxy groups -OCH3 is 1. The average Bonchev–Trinajstić information content (AvgIpc) is 2.66. The summed E-state index contributed by atoms with van der Waals surface area (Å²) in [5.41, 5.74) is 1.06. The quantitative estimate of drug-likeness (QED) is 0.892. The number of ether oxygens (including phenoxy) is 2. The van der Waals surface area contributed by atoms with Gasteiger partial charge in [-0.05, 0) is 34.5 Å². The molecule has 1 aliphatic rings. The molecule has 1 saturated heterocycles. The Hall–Kier alpha value is -2.60. The summed E-state index contributed by atoms with van der Waals surface area (Å²) in [6, 6.07) is 12.2. The van der Waals surface area contributed by atoms with Gasteiger partial charge in [0.2, 0.25) is 11.8 Å². The zero-order valence-electron chi connectivity index (χ0n) is 15.2. The van der Waals surface area contributed by atoms with E-state index in [9.17, 15) is 9.59 Å². The first-order valence-corrected chi connectivity index (χ1v) is 8.78. The number of carbonyl (C=O) groups is 2. The van der Waals surface area contributed by atoms with Crippen molar-refractivity contribution in [3.8, 4) is 5.75 Å². The van der Waals surface area contributed by atoms with Crippen LogP contribution in [0.15, 0.2) is 36.4 Å². The van der Waals surface area contributed by atoms with Crippen LogP contribution in [0.5, 0.6) is 5.75 Å². The largest absolute Gasteiger partial charge is 0.497 e. The van der Waals surface area contributed by atoms with Gasteiger partial charge in [0.25, 0.3) is 0 Å². The van der Waals surface area contributed by atoms with Crippen LogP contribution in [-0.4, -0.2) is 50.1 Å². The zero-order chi connectivity index (χ0) is 18.5. The number of benzene rings is 2. The van der Waals surface area contributed by atoms with Crippen LogP contribution in [0.4, 0.5) is 0 Å². The normalized spacial score (nSPS) is 17.2. The Bertz CT molecular complexity index is 805. The molecule has 0 spiro atoms. The third-order valence-corrected chi connectivity index (χ3v) is 4.58. The Morgan fingerprint density at radius 2 is 2.00 bits per heavy atom. The second-order valence-electron chi connectivity index (χ2n) is 6.40. The number of rotatable bonds is 5. The number of nitrogens with one attached hydrogen (secondary N) is 1. The van der Waals surface area contributed by atoms with Crippen molar-refractivity contribution >= 4 is 22.6 Å². The molecule has 0 unspecified atom stereocenters. The fourth-order valence-corrected chi connectivity index (χ4v) is 3.15. The second-order valence-corrected chi connectivity index (χ2v) is 6.40. The van der Waals surface area contributed by atoms with Crippen molar-refractivity contribution in [3.05, 3.63) is 42.0 Å². The third kappa shape index (κ3) is 4.32. The minimum atomic E-state index is -0.139. The summed E-state index contributed by atoms with van der Waals surface area (Å²) in [6.45, 7) is 3.44. The molecule has 6 heteroatoms. The standard InChI is InChI=1S/C20H24N2O4/c1-14(23)21-8-7-20(24)22-9-10-26-19(13-22)17-4-3-16-12-18(25-2)6-5-15(16)11-17/h3-6,11-12,19H,7-10,13H2,1-2H3,(H,21,23)/t19-/m0/s1. The minimum Gasteiger partial charge on any atom is -0.497 e. The van der Waals surface area contributed by atoms with E-state index in [1.54, 1.807) is 7.11 Å². The SMILES string of the molecule is COc1ccc2cc([C@@H]3CN(C(=O)CCNC(C)=O)CCO3)ccc2c1. The minimum absolute atomic E-state index is 0.0394. The van der Waals surface area contributed by atoms with Crippen LogP contribution in [0, 0.1) is 0 Å². The smallest absolute Gasteiger partial charge is 0.224 e.